The van der Waals surface area contributed by atoms with E-state index in [9.17, 15) is 28.2 Å². The van der Waals surface area contributed by atoms with Gasteiger partial charge >= 0.3 is 12.1 Å². The van der Waals surface area contributed by atoms with E-state index in [1.807, 2.05) is 18.2 Å². The average Bonchev–Trinajstić information content (AvgIpc) is 3.41. The minimum Gasteiger partial charge on any atom is -0.475 e. The molecule has 1 aliphatic carbocycles. The topological polar surface area (TPSA) is 189 Å². The molecule has 3 aromatic rings. The molecule has 7 N–H and O–H groups in total. The normalized spacial score (nSPS) is 21.0. The van der Waals surface area contributed by atoms with Crippen LogP contribution in [0.25, 0.3) is 11.2 Å². The van der Waals surface area contributed by atoms with Gasteiger partial charge in [0.25, 0.3) is 0 Å². The second-order valence-corrected chi connectivity index (χ2v) is 8.53. The lowest BCUT2D eigenvalue weighted by atomic mass is 10.1. The number of alkyl halides is 3. The molecular formula is C23H28F3N7O5. The molecule has 38 heavy (non-hydrogen) atoms. The largest absolute Gasteiger partial charge is 0.490 e. The minimum atomic E-state index is -5.08. The summed E-state index contributed by atoms with van der Waals surface area (Å²) in [6, 6.07) is 9.01. The maximum Gasteiger partial charge on any atom is 0.490 e. The molecule has 15 heteroatoms. The van der Waals surface area contributed by atoms with Crippen LogP contribution in [0.4, 0.5) is 24.9 Å². The van der Waals surface area contributed by atoms with E-state index in [0.717, 1.165) is 6.42 Å². The first-order chi connectivity index (χ1) is 17.9. The number of carboxylic acid groups (broad SMARTS) is 1. The molecule has 0 aliphatic heterocycles. The predicted molar refractivity (Wildman–Crippen MR) is 130 cm³/mol. The second-order valence-electron chi connectivity index (χ2n) is 8.53. The summed E-state index contributed by atoms with van der Waals surface area (Å²) >= 11 is 0. The van der Waals surface area contributed by atoms with Crippen molar-refractivity contribution in [1.82, 2.24) is 24.8 Å². The van der Waals surface area contributed by atoms with Crippen LogP contribution < -0.4 is 16.4 Å². The minimum absolute atomic E-state index is 0.177. The number of aliphatic hydroxyl groups excluding tert-OH is 2. The van der Waals surface area contributed by atoms with Crippen LogP contribution in [-0.4, -0.2) is 77.7 Å². The van der Waals surface area contributed by atoms with E-state index in [2.05, 4.69) is 37.7 Å². The Hall–Kier alpha value is -3.98. The van der Waals surface area contributed by atoms with Gasteiger partial charge in [0.2, 0.25) is 11.9 Å². The van der Waals surface area contributed by atoms with Gasteiger partial charge < -0.3 is 36.3 Å². The molecule has 4 atom stereocenters. The van der Waals surface area contributed by atoms with Crippen molar-refractivity contribution < 1.29 is 38.1 Å². The van der Waals surface area contributed by atoms with Crippen LogP contribution in [-0.2, 0) is 16.0 Å². The summed E-state index contributed by atoms with van der Waals surface area (Å²) < 4.78 is 33.4. The SMILES string of the molecule is CCC(=O)N[C@H]1C[C@@H](n2cnc3c(N)nc(NCCc4ccccc4)nc32)[C@H](O)[C@@H]1O.O=C(O)C(F)(F)F. The first-order valence-electron chi connectivity index (χ1n) is 11.7. The highest BCUT2D eigenvalue weighted by molar-refractivity contribution is 5.83. The Labute approximate surface area is 214 Å². The number of benzene rings is 1. The first kappa shape index (κ1) is 28.6. The number of hydrogen-bond donors (Lipinski definition) is 6. The molecule has 0 spiro atoms. The summed E-state index contributed by atoms with van der Waals surface area (Å²) in [4.78, 5) is 33.8. The van der Waals surface area contributed by atoms with Gasteiger partial charge in [0.05, 0.1) is 18.4 Å². The zero-order valence-corrected chi connectivity index (χ0v) is 20.3. The summed E-state index contributed by atoms with van der Waals surface area (Å²) in [7, 11) is 0. The zero-order chi connectivity index (χ0) is 28.0. The zero-order valence-electron chi connectivity index (χ0n) is 20.3. The highest BCUT2D eigenvalue weighted by Crippen LogP contribution is 2.34. The Morgan fingerprint density at radius 1 is 1.16 bits per heavy atom. The smallest absolute Gasteiger partial charge is 0.475 e. The Bertz CT molecular complexity index is 1260. The van der Waals surface area contributed by atoms with Gasteiger partial charge in [-0.2, -0.15) is 23.1 Å². The number of nitrogens with one attached hydrogen (secondary N) is 2. The maximum atomic E-state index is 11.7. The fourth-order valence-corrected chi connectivity index (χ4v) is 3.96. The molecule has 1 amide bonds. The average molecular weight is 540 g/mol. The van der Waals surface area contributed by atoms with Crippen LogP contribution >= 0.6 is 0 Å². The number of nitrogens with zero attached hydrogens (tertiary/aromatic N) is 4. The lowest BCUT2D eigenvalue weighted by Crippen LogP contribution is -2.42. The second kappa shape index (κ2) is 12.0. The summed E-state index contributed by atoms with van der Waals surface area (Å²) in [6.45, 7) is 2.36. The molecule has 2 aromatic heterocycles. The number of nitrogen functional groups attached to an aromatic ring is 1. The molecule has 12 nitrogen and oxygen atoms in total. The van der Waals surface area contributed by atoms with Gasteiger partial charge in [-0.25, -0.2) is 9.78 Å². The Morgan fingerprint density at radius 2 is 1.82 bits per heavy atom. The molecule has 1 saturated carbocycles. The molecule has 206 valence electrons. The molecule has 0 saturated heterocycles. The predicted octanol–water partition coefficient (Wildman–Crippen LogP) is 1.26. The summed E-state index contributed by atoms with van der Waals surface area (Å²) in [5.74, 6) is -2.34. The molecule has 0 bridgehead atoms. The van der Waals surface area contributed by atoms with Crippen LogP contribution in [0.15, 0.2) is 36.7 Å². The van der Waals surface area contributed by atoms with Crippen molar-refractivity contribution in [3.63, 3.8) is 0 Å². The fourth-order valence-electron chi connectivity index (χ4n) is 3.96. The van der Waals surface area contributed by atoms with Crippen LogP contribution in [0.5, 0.6) is 0 Å². The first-order valence-corrected chi connectivity index (χ1v) is 11.7. The van der Waals surface area contributed by atoms with Crippen LogP contribution in [0.3, 0.4) is 0 Å². The molecule has 1 fully saturated rings. The third-order valence-corrected chi connectivity index (χ3v) is 5.91. The molecule has 1 aromatic carbocycles. The van der Waals surface area contributed by atoms with Crippen molar-refractivity contribution in [3.8, 4) is 0 Å². The van der Waals surface area contributed by atoms with Crippen molar-refractivity contribution >= 4 is 34.8 Å². The third-order valence-electron chi connectivity index (χ3n) is 5.91. The summed E-state index contributed by atoms with van der Waals surface area (Å²) in [5.41, 5.74) is 8.17. The number of aliphatic hydroxyl groups is 2. The van der Waals surface area contributed by atoms with E-state index in [4.69, 9.17) is 15.6 Å². The Morgan fingerprint density at radius 3 is 2.42 bits per heavy atom. The maximum absolute atomic E-state index is 11.7. The summed E-state index contributed by atoms with van der Waals surface area (Å²) in [6.07, 6.45) is -4.26. The van der Waals surface area contributed by atoms with E-state index in [-0.39, 0.29) is 11.7 Å². The van der Waals surface area contributed by atoms with E-state index in [1.54, 1.807) is 11.5 Å². The number of halogens is 3. The van der Waals surface area contributed by atoms with Gasteiger partial charge in [0.1, 0.15) is 17.7 Å². The molecule has 0 radical (unpaired) electrons. The van der Waals surface area contributed by atoms with Gasteiger partial charge in [-0.3, -0.25) is 4.79 Å². The number of carbonyl (C=O) groups is 2. The summed E-state index contributed by atoms with van der Waals surface area (Å²) in [5, 5.41) is 34.1. The van der Waals surface area contributed by atoms with Crippen molar-refractivity contribution in [2.45, 2.75) is 56.7 Å². The molecule has 4 rings (SSSR count). The van der Waals surface area contributed by atoms with Crippen molar-refractivity contribution in [2.24, 2.45) is 0 Å². The fraction of sp³-hybridized carbons (Fsp3) is 0.435. The number of carboxylic acids is 1. The lowest BCUT2D eigenvalue weighted by molar-refractivity contribution is -0.192. The van der Waals surface area contributed by atoms with Gasteiger partial charge in [-0.05, 0) is 18.4 Å². The number of fused-ring (bicyclic) bond motifs is 1. The van der Waals surface area contributed by atoms with Crippen molar-refractivity contribution in [3.05, 3.63) is 42.2 Å². The molecule has 0 unspecified atom stereocenters. The Balaban J connectivity index is 0.000000505. The van der Waals surface area contributed by atoms with Crippen LogP contribution in [0.2, 0.25) is 0 Å². The van der Waals surface area contributed by atoms with E-state index >= 15 is 0 Å². The van der Waals surface area contributed by atoms with Gasteiger partial charge in [-0.15, -0.1) is 0 Å². The van der Waals surface area contributed by atoms with E-state index in [0.29, 0.717) is 36.5 Å². The van der Waals surface area contributed by atoms with Crippen molar-refractivity contribution in [2.75, 3.05) is 17.6 Å². The van der Waals surface area contributed by atoms with Gasteiger partial charge in [0.15, 0.2) is 11.5 Å². The molecular weight excluding hydrogens is 511 g/mol. The van der Waals surface area contributed by atoms with E-state index < -0.39 is 36.4 Å². The number of aromatic nitrogens is 4. The Kier molecular flexibility index (Phi) is 9.06. The monoisotopic (exact) mass is 539 g/mol. The quantitative estimate of drug-likeness (QED) is 0.255. The highest BCUT2D eigenvalue weighted by Gasteiger charge is 2.43. The number of aliphatic carboxylic acids is 1. The number of imidazole rings is 1. The number of amides is 1. The van der Waals surface area contributed by atoms with Gasteiger partial charge in [-0.1, -0.05) is 37.3 Å². The van der Waals surface area contributed by atoms with E-state index in [1.165, 1.54) is 11.9 Å². The van der Waals surface area contributed by atoms with Crippen LogP contribution in [0.1, 0.15) is 31.4 Å². The number of nitrogens with two attached hydrogens (primary N) is 1. The third kappa shape index (κ3) is 6.86. The van der Waals surface area contributed by atoms with Gasteiger partial charge in [0, 0.05) is 13.0 Å². The standard InChI is InChI=1S/C21H27N7O3.C2HF3O2/c1-2-15(29)25-13-10-14(18(31)17(13)30)28-11-24-16-19(22)26-21(27-20(16)28)23-9-8-12-6-4-3-5-7-12;3-2(4,5)1(6)7/h3-7,11,13-14,17-18,30-31H,2,8-10H2,1H3,(H,25,29)(H3,22,23,26,27);(H,6,7)/t13-,14+,17+,18-;/m0./s1. The number of hydrogen-bond acceptors (Lipinski definition) is 9. The number of rotatable bonds is 7. The number of anilines is 2. The number of carbonyl (C=O) groups excluding carboxylic acids is 1. The molecule has 1 aliphatic rings. The van der Waals surface area contributed by atoms with Crippen LogP contribution in [0, 0.1) is 0 Å². The molecule has 2 heterocycles. The highest BCUT2D eigenvalue weighted by atomic mass is 19.4. The van der Waals surface area contributed by atoms with Crippen molar-refractivity contribution in [1.29, 1.82) is 0 Å². The lowest BCUT2D eigenvalue weighted by Gasteiger charge is -2.18.